The molecule has 0 atom stereocenters. The Balaban J connectivity index is 1.45. The molecule has 0 saturated heterocycles. The van der Waals surface area contributed by atoms with Gasteiger partial charge in [0.2, 0.25) is 5.82 Å². The van der Waals surface area contributed by atoms with Crippen molar-refractivity contribution in [2.75, 3.05) is 0 Å². The summed E-state index contributed by atoms with van der Waals surface area (Å²) in [6, 6.07) is 24.9. The highest BCUT2D eigenvalue weighted by Crippen LogP contribution is 2.23. The van der Waals surface area contributed by atoms with Crippen LogP contribution in [0.4, 0.5) is 0 Å². The van der Waals surface area contributed by atoms with Crippen molar-refractivity contribution in [3.8, 4) is 28.6 Å². The van der Waals surface area contributed by atoms with Gasteiger partial charge in [0, 0.05) is 16.1 Å². The Hall–Kier alpha value is -3.11. The molecule has 0 amide bonds. The van der Waals surface area contributed by atoms with Crippen LogP contribution >= 0.6 is 11.6 Å². The fourth-order valence-electron chi connectivity index (χ4n) is 2.51. The average Bonchev–Trinajstić information content (AvgIpc) is 3.18. The van der Waals surface area contributed by atoms with Crippen LogP contribution in [0.5, 0.6) is 5.75 Å². The first kappa shape index (κ1) is 16.4. The molecule has 0 aliphatic rings. The molecule has 0 aliphatic heterocycles. The fourth-order valence-corrected chi connectivity index (χ4v) is 2.69. The smallest absolute Gasteiger partial charge is 0.258 e. The Kier molecular flexibility index (Phi) is 4.67. The van der Waals surface area contributed by atoms with Gasteiger partial charge in [-0.15, -0.1) is 0 Å². The lowest BCUT2D eigenvalue weighted by atomic mass is 10.1. The van der Waals surface area contributed by atoms with Crippen LogP contribution in [-0.4, -0.2) is 10.1 Å². The Morgan fingerprint density at radius 2 is 1.65 bits per heavy atom. The maximum absolute atomic E-state index is 5.96. The predicted octanol–water partition coefficient (Wildman–Crippen LogP) is 5.64. The average molecular weight is 363 g/mol. The van der Waals surface area contributed by atoms with Gasteiger partial charge in [0.15, 0.2) is 0 Å². The summed E-state index contributed by atoms with van der Waals surface area (Å²) in [5.74, 6) is 1.81. The van der Waals surface area contributed by atoms with E-state index in [0.717, 1.165) is 22.4 Å². The van der Waals surface area contributed by atoms with E-state index in [2.05, 4.69) is 10.1 Å². The van der Waals surface area contributed by atoms with E-state index in [4.69, 9.17) is 20.9 Å². The number of rotatable bonds is 5. The van der Waals surface area contributed by atoms with Gasteiger partial charge >= 0.3 is 0 Å². The topological polar surface area (TPSA) is 48.2 Å². The number of hydrogen-bond donors (Lipinski definition) is 0. The third-order valence-electron chi connectivity index (χ3n) is 3.86. The van der Waals surface area contributed by atoms with Gasteiger partial charge in [-0.3, -0.25) is 0 Å². The Bertz CT molecular complexity index is 998. The zero-order valence-electron chi connectivity index (χ0n) is 13.8. The van der Waals surface area contributed by atoms with Crippen LogP contribution in [-0.2, 0) is 6.61 Å². The minimum absolute atomic E-state index is 0.458. The summed E-state index contributed by atoms with van der Waals surface area (Å²) in [5.41, 5.74) is 2.83. The molecule has 4 rings (SSSR count). The molecule has 3 aromatic carbocycles. The molecule has 0 spiro atoms. The van der Waals surface area contributed by atoms with Crippen molar-refractivity contribution in [3.05, 3.63) is 89.4 Å². The first-order valence-corrected chi connectivity index (χ1v) is 8.52. The van der Waals surface area contributed by atoms with Crippen molar-refractivity contribution in [2.45, 2.75) is 6.61 Å². The summed E-state index contributed by atoms with van der Waals surface area (Å²) in [4.78, 5) is 4.46. The lowest BCUT2D eigenvalue weighted by molar-refractivity contribution is 0.306. The van der Waals surface area contributed by atoms with Crippen LogP contribution in [0, 0.1) is 0 Å². The second-order valence-corrected chi connectivity index (χ2v) is 6.17. The van der Waals surface area contributed by atoms with Gasteiger partial charge in [0.1, 0.15) is 12.4 Å². The van der Waals surface area contributed by atoms with Crippen molar-refractivity contribution >= 4 is 11.6 Å². The number of nitrogens with zero attached hydrogens (tertiary/aromatic N) is 2. The highest BCUT2D eigenvalue weighted by Gasteiger charge is 2.10. The number of halogens is 1. The zero-order valence-corrected chi connectivity index (χ0v) is 14.6. The molecule has 5 heteroatoms. The van der Waals surface area contributed by atoms with Crippen LogP contribution in [0.25, 0.3) is 22.8 Å². The molecule has 4 aromatic rings. The SMILES string of the molecule is Clc1cccc(OCc2ccc(-c3nc(-c4ccccc4)no3)cc2)c1. The van der Waals surface area contributed by atoms with E-state index in [1.165, 1.54) is 0 Å². The van der Waals surface area contributed by atoms with Gasteiger partial charge in [-0.2, -0.15) is 4.98 Å². The lowest BCUT2D eigenvalue weighted by Crippen LogP contribution is -1.95. The standard InChI is InChI=1S/C21H15ClN2O2/c22-18-7-4-8-19(13-18)25-14-15-9-11-17(12-10-15)21-23-20(24-26-21)16-5-2-1-3-6-16/h1-13H,14H2. The van der Waals surface area contributed by atoms with Crippen molar-refractivity contribution in [1.29, 1.82) is 0 Å². The maximum Gasteiger partial charge on any atom is 0.258 e. The van der Waals surface area contributed by atoms with Crippen LogP contribution in [0.2, 0.25) is 5.02 Å². The third kappa shape index (κ3) is 3.76. The third-order valence-corrected chi connectivity index (χ3v) is 4.10. The Morgan fingerprint density at radius 3 is 2.42 bits per heavy atom. The van der Waals surface area contributed by atoms with E-state index in [-0.39, 0.29) is 0 Å². The summed E-state index contributed by atoms with van der Waals surface area (Å²) >= 11 is 5.96. The summed E-state index contributed by atoms with van der Waals surface area (Å²) in [6.45, 7) is 0.458. The quantitative estimate of drug-likeness (QED) is 0.461. The molecule has 1 heterocycles. The van der Waals surface area contributed by atoms with E-state index in [9.17, 15) is 0 Å². The molecular weight excluding hydrogens is 348 g/mol. The molecule has 0 fully saturated rings. The van der Waals surface area contributed by atoms with Gasteiger partial charge in [-0.25, -0.2) is 0 Å². The van der Waals surface area contributed by atoms with Crippen molar-refractivity contribution in [3.63, 3.8) is 0 Å². The van der Waals surface area contributed by atoms with Gasteiger partial charge < -0.3 is 9.26 Å². The van der Waals surface area contributed by atoms with Crippen molar-refractivity contribution in [1.82, 2.24) is 10.1 Å². The van der Waals surface area contributed by atoms with Gasteiger partial charge in [0.05, 0.1) is 0 Å². The Labute approximate surface area is 156 Å². The first-order chi connectivity index (χ1) is 12.8. The zero-order chi connectivity index (χ0) is 17.8. The van der Waals surface area contributed by atoms with Crippen LogP contribution in [0.3, 0.4) is 0 Å². The normalized spacial score (nSPS) is 10.7. The monoisotopic (exact) mass is 362 g/mol. The number of hydrogen-bond acceptors (Lipinski definition) is 4. The number of aromatic nitrogens is 2. The van der Waals surface area contributed by atoms with Crippen molar-refractivity contribution < 1.29 is 9.26 Å². The largest absolute Gasteiger partial charge is 0.489 e. The maximum atomic E-state index is 5.96. The number of ether oxygens (including phenoxy) is 1. The van der Waals surface area contributed by atoms with Gasteiger partial charge in [0.25, 0.3) is 5.89 Å². The molecular formula is C21H15ClN2O2. The fraction of sp³-hybridized carbons (Fsp3) is 0.0476. The van der Waals surface area contributed by atoms with E-state index in [1.807, 2.05) is 72.8 Å². The van der Waals surface area contributed by atoms with Crippen LogP contribution < -0.4 is 4.74 Å². The van der Waals surface area contributed by atoms with E-state index in [1.54, 1.807) is 6.07 Å². The first-order valence-electron chi connectivity index (χ1n) is 8.15. The molecule has 0 aliphatic carbocycles. The summed E-state index contributed by atoms with van der Waals surface area (Å²) in [7, 11) is 0. The lowest BCUT2D eigenvalue weighted by Gasteiger charge is -2.06. The minimum Gasteiger partial charge on any atom is -0.489 e. The molecule has 1 aromatic heterocycles. The molecule has 4 nitrogen and oxygen atoms in total. The molecule has 0 radical (unpaired) electrons. The molecule has 0 saturated carbocycles. The van der Waals surface area contributed by atoms with Gasteiger partial charge in [-0.05, 0) is 35.9 Å². The van der Waals surface area contributed by atoms with E-state index < -0.39 is 0 Å². The van der Waals surface area contributed by atoms with Crippen LogP contribution in [0.15, 0.2) is 83.4 Å². The van der Waals surface area contributed by atoms with Crippen LogP contribution in [0.1, 0.15) is 5.56 Å². The summed E-state index contributed by atoms with van der Waals surface area (Å²) in [5, 5.41) is 4.70. The second-order valence-electron chi connectivity index (χ2n) is 5.73. The second kappa shape index (κ2) is 7.42. The molecule has 128 valence electrons. The minimum atomic E-state index is 0.458. The highest BCUT2D eigenvalue weighted by atomic mass is 35.5. The van der Waals surface area contributed by atoms with E-state index in [0.29, 0.717) is 23.3 Å². The van der Waals surface area contributed by atoms with E-state index >= 15 is 0 Å². The summed E-state index contributed by atoms with van der Waals surface area (Å²) in [6.07, 6.45) is 0. The highest BCUT2D eigenvalue weighted by molar-refractivity contribution is 6.30. The molecule has 0 unspecified atom stereocenters. The molecule has 0 bridgehead atoms. The molecule has 26 heavy (non-hydrogen) atoms. The molecule has 0 N–H and O–H groups in total. The van der Waals surface area contributed by atoms with Gasteiger partial charge in [-0.1, -0.05) is 65.3 Å². The number of benzene rings is 3. The Morgan fingerprint density at radius 1 is 0.846 bits per heavy atom. The predicted molar refractivity (Wildman–Crippen MR) is 101 cm³/mol. The summed E-state index contributed by atoms with van der Waals surface area (Å²) < 4.78 is 11.1. The van der Waals surface area contributed by atoms with Crippen molar-refractivity contribution in [2.24, 2.45) is 0 Å².